The van der Waals surface area contributed by atoms with E-state index in [1.54, 1.807) is 6.20 Å². The number of hydrogen-bond acceptors (Lipinski definition) is 5. The van der Waals surface area contributed by atoms with Gasteiger partial charge in [0.1, 0.15) is 18.2 Å². The predicted molar refractivity (Wildman–Crippen MR) is 138 cm³/mol. The van der Waals surface area contributed by atoms with Crippen molar-refractivity contribution in [2.24, 2.45) is 0 Å². The van der Waals surface area contributed by atoms with E-state index in [0.717, 1.165) is 44.1 Å². The predicted octanol–water partition coefficient (Wildman–Crippen LogP) is 5.65. The first-order chi connectivity index (χ1) is 16.7. The number of nitrogens with zero attached hydrogens (tertiary/aromatic N) is 4. The molecule has 1 fully saturated rings. The molecule has 2 aliphatic rings. The highest BCUT2D eigenvalue weighted by molar-refractivity contribution is 6.28. The van der Waals surface area contributed by atoms with E-state index in [1.165, 1.54) is 54.6 Å². The van der Waals surface area contributed by atoms with E-state index >= 15 is 0 Å². The van der Waals surface area contributed by atoms with Crippen molar-refractivity contribution < 1.29 is 4.74 Å². The van der Waals surface area contributed by atoms with Gasteiger partial charge < -0.3 is 9.64 Å². The zero-order valence-corrected chi connectivity index (χ0v) is 20.7. The molecule has 0 aliphatic carbocycles. The van der Waals surface area contributed by atoms with Crippen LogP contribution in [0.2, 0.25) is 5.28 Å². The zero-order chi connectivity index (χ0) is 23.3. The number of aryl methyl sites for hydroxylation is 1. The Morgan fingerprint density at radius 3 is 2.62 bits per heavy atom. The number of benzene rings is 2. The second kappa shape index (κ2) is 10.7. The van der Waals surface area contributed by atoms with Crippen LogP contribution in [0.5, 0.6) is 5.75 Å². The van der Waals surface area contributed by atoms with Gasteiger partial charge in [0.2, 0.25) is 5.28 Å². The van der Waals surface area contributed by atoms with Gasteiger partial charge in [-0.2, -0.15) is 0 Å². The van der Waals surface area contributed by atoms with E-state index in [1.807, 2.05) is 6.07 Å². The molecule has 34 heavy (non-hydrogen) atoms. The van der Waals surface area contributed by atoms with Crippen molar-refractivity contribution in [2.75, 3.05) is 37.7 Å². The van der Waals surface area contributed by atoms with Crippen molar-refractivity contribution in [3.05, 3.63) is 82.3 Å². The van der Waals surface area contributed by atoms with Crippen LogP contribution in [0.15, 0.2) is 54.7 Å². The summed E-state index contributed by atoms with van der Waals surface area (Å²) in [4.78, 5) is 13.5. The Morgan fingerprint density at radius 1 is 1.00 bits per heavy atom. The molecular weight excluding hydrogens is 444 g/mol. The lowest BCUT2D eigenvalue weighted by Crippen LogP contribution is -2.37. The van der Waals surface area contributed by atoms with Gasteiger partial charge in [-0.1, -0.05) is 42.3 Å². The molecule has 0 N–H and O–H groups in total. The standard InChI is InChI=1S/C28H33ClN4O/c1-21-5-10-25-23(19-21)12-16-33(27-11-13-30-28(29)31-27)26(25)20-22-6-8-24(9-7-22)34-18-17-32-14-3-2-4-15-32/h5-11,13,19,26H,2-4,12,14-18,20H2,1H3. The molecule has 0 bridgehead atoms. The molecule has 1 aromatic heterocycles. The summed E-state index contributed by atoms with van der Waals surface area (Å²) >= 11 is 6.14. The van der Waals surface area contributed by atoms with Crippen molar-refractivity contribution in [3.8, 4) is 5.75 Å². The molecule has 1 unspecified atom stereocenters. The normalized spacial score (nSPS) is 18.5. The van der Waals surface area contributed by atoms with Crippen LogP contribution in [0.4, 0.5) is 5.82 Å². The minimum absolute atomic E-state index is 0.196. The van der Waals surface area contributed by atoms with Crippen LogP contribution in [0.25, 0.3) is 0 Å². The molecule has 0 radical (unpaired) electrons. The van der Waals surface area contributed by atoms with Gasteiger partial charge in [0.25, 0.3) is 0 Å². The molecule has 1 saturated heterocycles. The van der Waals surface area contributed by atoms with Crippen LogP contribution in [-0.2, 0) is 12.8 Å². The maximum atomic E-state index is 6.14. The molecule has 0 spiro atoms. The summed E-state index contributed by atoms with van der Waals surface area (Å²) in [5.74, 6) is 1.83. The molecule has 6 heteroatoms. The lowest BCUT2D eigenvalue weighted by atomic mass is 9.87. The van der Waals surface area contributed by atoms with Crippen LogP contribution in [0.3, 0.4) is 0 Å². The first kappa shape index (κ1) is 23.1. The Labute approximate surface area is 207 Å². The van der Waals surface area contributed by atoms with Crippen LogP contribution in [0, 0.1) is 6.92 Å². The summed E-state index contributed by atoms with van der Waals surface area (Å²) < 4.78 is 6.04. The van der Waals surface area contributed by atoms with Gasteiger partial charge in [-0.25, -0.2) is 9.97 Å². The monoisotopic (exact) mass is 476 g/mol. The molecule has 178 valence electrons. The Kier molecular flexibility index (Phi) is 7.31. The minimum atomic E-state index is 0.196. The maximum Gasteiger partial charge on any atom is 0.224 e. The smallest absolute Gasteiger partial charge is 0.224 e. The molecule has 2 aromatic carbocycles. The summed E-state index contributed by atoms with van der Waals surface area (Å²) in [5, 5.41) is 0.289. The second-order valence-electron chi connectivity index (χ2n) is 9.44. The number of halogens is 1. The van der Waals surface area contributed by atoms with Gasteiger partial charge >= 0.3 is 0 Å². The summed E-state index contributed by atoms with van der Waals surface area (Å²) in [5.41, 5.74) is 5.39. The number of piperidine rings is 1. The van der Waals surface area contributed by atoms with Gasteiger partial charge in [0.05, 0.1) is 6.04 Å². The number of ether oxygens (including phenoxy) is 1. The molecular formula is C28H33ClN4O. The lowest BCUT2D eigenvalue weighted by molar-refractivity contribution is 0.183. The first-order valence-corrected chi connectivity index (χ1v) is 12.8. The summed E-state index contributed by atoms with van der Waals surface area (Å²) in [6.45, 7) is 7.24. The van der Waals surface area contributed by atoms with Crippen LogP contribution < -0.4 is 9.64 Å². The number of anilines is 1. The highest BCUT2D eigenvalue weighted by Gasteiger charge is 2.29. The highest BCUT2D eigenvalue weighted by Crippen LogP contribution is 2.36. The molecule has 2 aliphatic heterocycles. The zero-order valence-electron chi connectivity index (χ0n) is 19.9. The minimum Gasteiger partial charge on any atom is -0.492 e. The van der Waals surface area contributed by atoms with Crippen LogP contribution in [-0.4, -0.2) is 47.7 Å². The van der Waals surface area contributed by atoms with Crippen molar-refractivity contribution in [2.45, 2.75) is 45.1 Å². The fraction of sp³-hybridized carbons (Fsp3) is 0.429. The number of likely N-dealkylation sites (tertiary alicyclic amines) is 1. The van der Waals surface area contributed by atoms with Gasteiger partial charge in [0, 0.05) is 19.3 Å². The van der Waals surface area contributed by atoms with Crippen LogP contribution in [0.1, 0.15) is 47.6 Å². The Morgan fingerprint density at radius 2 is 1.82 bits per heavy atom. The summed E-state index contributed by atoms with van der Waals surface area (Å²) in [6, 6.07) is 17.6. The van der Waals surface area contributed by atoms with E-state index in [2.05, 4.69) is 69.2 Å². The van der Waals surface area contributed by atoms with Crippen molar-refractivity contribution >= 4 is 17.4 Å². The van der Waals surface area contributed by atoms with Gasteiger partial charge in [-0.15, -0.1) is 0 Å². The quantitative estimate of drug-likeness (QED) is 0.412. The average Bonchev–Trinajstić information content (AvgIpc) is 2.86. The molecule has 0 amide bonds. The largest absolute Gasteiger partial charge is 0.492 e. The van der Waals surface area contributed by atoms with E-state index in [4.69, 9.17) is 16.3 Å². The van der Waals surface area contributed by atoms with Gasteiger partial charge in [-0.3, -0.25) is 4.90 Å². The van der Waals surface area contributed by atoms with E-state index < -0.39 is 0 Å². The Bertz CT molecular complexity index is 1100. The lowest BCUT2D eigenvalue weighted by Gasteiger charge is -2.38. The Hall–Kier alpha value is -2.63. The third-order valence-corrected chi connectivity index (χ3v) is 7.22. The molecule has 5 nitrogen and oxygen atoms in total. The summed E-state index contributed by atoms with van der Waals surface area (Å²) in [6.07, 6.45) is 7.63. The SMILES string of the molecule is Cc1ccc2c(c1)CCN(c1ccnc(Cl)n1)C2Cc1ccc(OCCN2CCCCC2)cc1. The van der Waals surface area contributed by atoms with Crippen molar-refractivity contribution in [1.29, 1.82) is 0 Å². The maximum absolute atomic E-state index is 6.14. The Balaban J connectivity index is 1.30. The fourth-order valence-electron chi connectivity index (χ4n) is 5.24. The number of hydrogen-bond donors (Lipinski definition) is 0. The third-order valence-electron chi connectivity index (χ3n) is 7.04. The fourth-order valence-corrected chi connectivity index (χ4v) is 5.38. The van der Waals surface area contributed by atoms with Gasteiger partial charge in [0.15, 0.2) is 0 Å². The third kappa shape index (κ3) is 5.53. The molecule has 1 atom stereocenters. The van der Waals surface area contributed by atoms with E-state index in [0.29, 0.717) is 0 Å². The highest BCUT2D eigenvalue weighted by atomic mass is 35.5. The van der Waals surface area contributed by atoms with Crippen molar-refractivity contribution in [1.82, 2.24) is 14.9 Å². The molecule has 0 saturated carbocycles. The van der Waals surface area contributed by atoms with Gasteiger partial charge in [-0.05, 0) is 92.2 Å². The number of rotatable bonds is 7. The average molecular weight is 477 g/mol. The van der Waals surface area contributed by atoms with Crippen LogP contribution >= 0.6 is 11.6 Å². The van der Waals surface area contributed by atoms with E-state index in [-0.39, 0.29) is 11.3 Å². The number of aromatic nitrogens is 2. The second-order valence-corrected chi connectivity index (χ2v) is 9.78. The van der Waals surface area contributed by atoms with E-state index in [9.17, 15) is 0 Å². The first-order valence-electron chi connectivity index (χ1n) is 12.4. The number of fused-ring (bicyclic) bond motifs is 1. The summed E-state index contributed by atoms with van der Waals surface area (Å²) in [7, 11) is 0. The molecule has 5 rings (SSSR count). The molecule has 3 heterocycles. The van der Waals surface area contributed by atoms with Crippen molar-refractivity contribution in [3.63, 3.8) is 0 Å². The molecule has 3 aromatic rings. The topological polar surface area (TPSA) is 41.5 Å².